The number of hydrogen-bond donors (Lipinski definition) is 2. The summed E-state index contributed by atoms with van der Waals surface area (Å²) in [5.41, 5.74) is -2.32. The zero-order valence-corrected chi connectivity index (χ0v) is 19.3. The Labute approximate surface area is 188 Å². The molecule has 0 bridgehead atoms. The molecule has 0 aromatic carbocycles. The summed E-state index contributed by atoms with van der Waals surface area (Å²) in [7, 11) is 0. The number of rotatable bonds is 4. The Morgan fingerprint density at radius 1 is 1.22 bits per heavy atom. The summed E-state index contributed by atoms with van der Waals surface area (Å²) in [4.78, 5) is 36.9. The fourth-order valence-electron chi connectivity index (χ4n) is 6.25. The van der Waals surface area contributed by atoms with Gasteiger partial charge in [-0.3, -0.25) is 9.59 Å². The quantitative estimate of drug-likeness (QED) is 0.389. The Hall–Kier alpha value is -2.25. The van der Waals surface area contributed by atoms with Crippen LogP contribution in [-0.2, 0) is 23.9 Å². The molecule has 7 atom stereocenters. The van der Waals surface area contributed by atoms with E-state index in [1.54, 1.807) is 32.9 Å². The maximum atomic E-state index is 13.0. The van der Waals surface area contributed by atoms with E-state index in [1.807, 2.05) is 13.0 Å². The van der Waals surface area contributed by atoms with Gasteiger partial charge >= 0.3 is 11.9 Å². The second-order valence-electron chi connectivity index (χ2n) is 10.1. The maximum Gasteiger partial charge on any atom is 0.333 e. The van der Waals surface area contributed by atoms with Crippen LogP contribution >= 0.6 is 0 Å². The molecule has 0 unspecified atom stereocenters. The highest BCUT2D eigenvalue weighted by Gasteiger charge is 2.74. The first kappa shape index (κ1) is 22.9. The highest BCUT2D eigenvalue weighted by atomic mass is 16.6. The van der Waals surface area contributed by atoms with Crippen LogP contribution in [0.15, 0.2) is 34.9 Å². The molecule has 4 aliphatic carbocycles. The Balaban J connectivity index is 1.76. The molecule has 0 saturated heterocycles. The number of carbonyl (C=O) groups excluding carboxylic acids is 3. The fraction of sp³-hybridized carbons (Fsp3) is 0.640. The number of hydrogen-bond acceptors (Lipinski definition) is 7. The van der Waals surface area contributed by atoms with E-state index in [2.05, 4.69) is 0 Å². The van der Waals surface area contributed by atoms with Crippen molar-refractivity contribution in [3.8, 4) is 0 Å². The Morgan fingerprint density at radius 2 is 1.91 bits per heavy atom. The molecule has 0 aliphatic heterocycles. The largest absolute Gasteiger partial charge is 0.461 e. The predicted octanol–water partition coefficient (Wildman–Crippen LogP) is 2.41. The Bertz CT molecular complexity index is 975. The lowest BCUT2D eigenvalue weighted by atomic mass is 9.60. The normalized spacial score (nSPS) is 42.6. The molecule has 32 heavy (non-hydrogen) atoms. The van der Waals surface area contributed by atoms with Gasteiger partial charge in [0.05, 0.1) is 5.60 Å². The van der Waals surface area contributed by atoms with Gasteiger partial charge in [0.25, 0.3) is 0 Å². The first-order chi connectivity index (χ1) is 14.9. The van der Waals surface area contributed by atoms with Crippen LogP contribution in [0.2, 0.25) is 0 Å². The number of allylic oxidation sites excluding steroid dienone is 1. The number of fused-ring (bicyclic) bond motifs is 5. The first-order valence-electron chi connectivity index (χ1n) is 11.3. The second kappa shape index (κ2) is 7.39. The summed E-state index contributed by atoms with van der Waals surface area (Å²) in [6, 6.07) is 0. The Morgan fingerprint density at radius 3 is 2.53 bits per heavy atom. The third kappa shape index (κ3) is 3.20. The lowest BCUT2D eigenvalue weighted by Gasteiger charge is -2.50. The van der Waals surface area contributed by atoms with Crippen molar-refractivity contribution in [1.82, 2.24) is 0 Å². The SMILES string of the molecule is C/C=C(\C)C(=O)O[C@@]12C[C@@H](C)[C@@]3(O)[C@@H](C=C(COC(C)=O)C[C@]4(O)C(=O)C(C)=C[C@@H]34)[C@@H]1C2. The lowest BCUT2D eigenvalue weighted by molar-refractivity contribution is -0.185. The average Bonchev–Trinajstić information content (AvgIpc) is 3.39. The highest BCUT2D eigenvalue weighted by molar-refractivity contribution is 6.04. The van der Waals surface area contributed by atoms with Crippen LogP contribution in [-0.4, -0.2) is 51.3 Å². The summed E-state index contributed by atoms with van der Waals surface area (Å²) in [6.07, 6.45) is 6.30. The van der Waals surface area contributed by atoms with E-state index in [0.717, 1.165) is 0 Å². The summed E-state index contributed by atoms with van der Waals surface area (Å²) in [5.74, 6) is -2.97. The molecule has 0 aromatic heterocycles. The van der Waals surface area contributed by atoms with Crippen LogP contribution < -0.4 is 0 Å². The summed E-state index contributed by atoms with van der Waals surface area (Å²) >= 11 is 0. The van der Waals surface area contributed by atoms with Crippen LogP contribution in [0.3, 0.4) is 0 Å². The molecule has 0 amide bonds. The molecule has 0 aromatic rings. The summed E-state index contributed by atoms with van der Waals surface area (Å²) < 4.78 is 11.1. The van der Waals surface area contributed by atoms with Crippen LogP contribution in [0.25, 0.3) is 0 Å². The molecule has 2 saturated carbocycles. The molecule has 2 N–H and O–H groups in total. The van der Waals surface area contributed by atoms with Gasteiger partial charge in [0.2, 0.25) is 0 Å². The first-order valence-corrected chi connectivity index (χ1v) is 11.3. The molecule has 0 spiro atoms. The minimum absolute atomic E-state index is 0.0136. The topological polar surface area (TPSA) is 110 Å². The predicted molar refractivity (Wildman–Crippen MR) is 115 cm³/mol. The molecule has 7 nitrogen and oxygen atoms in total. The second-order valence-corrected chi connectivity index (χ2v) is 10.1. The molecule has 2 fully saturated rings. The molecule has 4 aliphatic rings. The molecule has 0 heterocycles. The van der Waals surface area contributed by atoms with Crippen molar-refractivity contribution in [2.45, 2.75) is 70.7 Å². The van der Waals surface area contributed by atoms with Gasteiger partial charge in [-0.2, -0.15) is 0 Å². The van der Waals surface area contributed by atoms with Crippen LogP contribution in [0.5, 0.6) is 0 Å². The van der Waals surface area contributed by atoms with Gasteiger partial charge in [0.1, 0.15) is 17.8 Å². The van der Waals surface area contributed by atoms with Crippen LogP contribution in [0.4, 0.5) is 0 Å². The van der Waals surface area contributed by atoms with E-state index in [1.165, 1.54) is 6.92 Å². The van der Waals surface area contributed by atoms with E-state index in [-0.39, 0.29) is 30.8 Å². The van der Waals surface area contributed by atoms with E-state index < -0.39 is 40.4 Å². The van der Waals surface area contributed by atoms with E-state index >= 15 is 0 Å². The number of ether oxygens (including phenoxy) is 2. The maximum absolute atomic E-state index is 13.0. The highest BCUT2D eigenvalue weighted by Crippen LogP contribution is 2.67. The van der Waals surface area contributed by atoms with Crippen molar-refractivity contribution in [2.75, 3.05) is 6.61 Å². The Kier molecular flexibility index (Phi) is 5.29. The van der Waals surface area contributed by atoms with Gasteiger partial charge in [-0.05, 0) is 50.7 Å². The van der Waals surface area contributed by atoms with Crippen molar-refractivity contribution in [3.05, 3.63) is 34.9 Å². The van der Waals surface area contributed by atoms with Gasteiger partial charge in [0, 0.05) is 36.7 Å². The summed E-state index contributed by atoms with van der Waals surface area (Å²) in [5, 5.41) is 23.7. The number of aliphatic hydroxyl groups is 2. The van der Waals surface area contributed by atoms with Crippen molar-refractivity contribution in [3.63, 3.8) is 0 Å². The van der Waals surface area contributed by atoms with Crippen LogP contribution in [0.1, 0.15) is 53.9 Å². The van der Waals surface area contributed by atoms with E-state index in [9.17, 15) is 24.6 Å². The van der Waals surface area contributed by atoms with Gasteiger partial charge in [-0.1, -0.05) is 25.2 Å². The minimum Gasteiger partial charge on any atom is -0.461 e. The van der Waals surface area contributed by atoms with Crippen molar-refractivity contribution in [1.29, 1.82) is 0 Å². The number of carbonyl (C=O) groups is 3. The van der Waals surface area contributed by atoms with Gasteiger partial charge in [0.15, 0.2) is 5.78 Å². The zero-order chi connectivity index (χ0) is 23.6. The van der Waals surface area contributed by atoms with Gasteiger partial charge in [-0.15, -0.1) is 0 Å². The third-order valence-corrected chi connectivity index (χ3v) is 8.09. The molecule has 174 valence electrons. The lowest BCUT2D eigenvalue weighted by Crippen LogP contribution is -2.61. The van der Waals surface area contributed by atoms with E-state index in [0.29, 0.717) is 29.6 Å². The zero-order valence-electron chi connectivity index (χ0n) is 19.3. The molecular formula is C25H32O7. The molecular weight excluding hydrogens is 412 g/mol. The van der Waals surface area contributed by atoms with Gasteiger partial charge < -0.3 is 19.7 Å². The minimum atomic E-state index is -1.79. The third-order valence-electron chi connectivity index (χ3n) is 8.09. The summed E-state index contributed by atoms with van der Waals surface area (Å²) in [6.45, 7) is 8.27. The smallest absolute Gasteiger partial charge is 0.333 e. The fourth-order valence-corrected chi connectivity index (χ4v) is 6.25. The number of esters is 2. The standard InChI is InChI=1S/C25H32O7/c1-6-13(2)22(28)32-23-9-15(4)25(30)18(19(23)11-23)8-17(12-31-16(5)26)10-24(29)20(25)7-14(3)21(24)27/h6-8,15,18-20,29-30H,9-12H2,1-5H3/b13-6+/t15-,18+,19+,20-,23-,24-,25-/m1/s1. The van der Waals surface area contributed by atoms with Crippen molar-refractivity contribution in [2.24, 2.45) is 23.7 Å². The molecule has 7 heteroatoms. The number of ketones is 1. The average molecular weight is 445 g/mol. The van der Waals surface area contributed by atoms with Crippen molar-refractivity contribution >= 4 is 17.7 Å². The van der Waals surface area contributed by atoms with Crippen LogP contribution in [0, 0.1) is 23.7 Å². The molecule has 0 radical (unpaired) electrons. The number of Topliss-reactive ketones (excluding diaryl/α,β-unsaturated/α-hetero) is 1. The molecule has 4 rings (SSSR count). The van der Waals surface area contributed by atoms with Crippen molar-refractivity contribution < 1.29 is 34.1 Å². The van der Waals surface area contributed by atoms with Gasteiger partial charge in [-0.25, -0.2) is 4.79 Å². The van der Waals surface area contributed by atoms with E-state index in [4.69, 9.17) is 9.47 Å². The monoisotopic (exact) mass is 444 g/mol.